The number of phenolic OH excluding ortho intramolecular Hbond substituents is 1. The molecule has 14 heavy (non-hydrogen) atoms. The molecule has 0 saturated carbocycles. The second kappa shape index (κ2) is 3.20. The number of nitrogens with zero attached hydrogens (tertiary/aromatic N) is 1. The first-order valence-electron chi connectivity index (χ1n) is 4.38. The Labute approximate surface area is 81.5 Å². The maximum absolute atomic E-state index is 9.50. The van der Waals surface area contributed by atoms with Crippen LogP contribution in [0.1, 0.15) is 23.6 Å². The smallest absolute Gasteiger partial charge is 0.166 e. The number of nitriles is 1. The van der Waals surface area contributed by atoms with Gasteiger partial charge in [0.2, 0.25) is 0 Å². The monoisotopic (exact) mass is 190 g/mol. The average molecular weight is 190 g/mol. The lowest BCUT2D eigenvalue weighted by atomic mass is 9.96. The fourth-order valence-corrected chi connectivity index (χ4v) is 1.64. The first-order chi connectivity index (χ1) is 6.74. The van der Waals surface area contributed by atoms with Crippen molar-refractivity contribution in [2.24, 2.45) is 5.73 Å². The van der Waals surface area contributed by atoms with Gasteiger partial charge in [0.1, 0.15) is 0 Å². The minimum atomic E-state index is -0.222. The van der Waals surface area contributed by atoms with E-state index in [1.807, 2.05) is 6.07 Å². The number of rotatable bonds is 0. The van der Waals surface area contributed by atoms with Crippen LogP contribution in [0.25, 0.3) is 0 Å². The lowest BCUT2D eigenvalue weighted by Crippen LogP contribution is -2.21. The summed E-state index contributed by atoms with van der Waals surface area (Å²) in [6, 6.07) is 4.83. The lowest BCUT2D eigenvalue weighted by Gasteiger charge is -2.24. The van der Waals surface area contributed by atoms with E-state index in [4.69, 9.17) is 15.7 Å². The predicted octanol–water partition coefficient (Wildman–Crippen LogP) is 1.05. The highest BCUT2D eigenvalue weighted by Crippen LogP contribution is 2.39. The van der Waals surface area contributed by atoms with Crippen LogP contribution in [0.2, 0.25) is 0 Å². The van der Waals surface area contributed by atoms with Crippen molar-refractivity contribution in [1.29, 1.82) is 5.26 Å². The Bertz CT molecular complexity index is 409. The molecule has 1 aliphatic heterocycles. The van der Waals surface area contributed by atoms with Crippen LogP contribution >= 0.6 is 0 Å². The number of nitrogens with two attached hydrogens (primary N) is 1. The third kappa shape index (κ3) is 1.19. The average Bonchev–Trinajstić information content (AvgIpc) is 2.20. The molecule has 4 heteroatoms. The van der Waals surface area contributed by atoms with Crippen LogP contribution in [0.5, 0.6) is 11.5 Å². The van der Waals surface area contributed by atoms with E-state index >= 15 is 0 Å². The van der Waals surface area contributed by atoms with E-state index < -0.39 is 0 Å². The van der Waals surface area contributed by atoms with E-state index in [9.17, 15) is 5.11 Å². The van der Waals surface area contributed by atoms with Gasteiger partial charge >= 0.3 is 0 Å². The van der Waals surface area contributed by atoms with Crippen molar-refractivity contribution in [3.8, 4) is 17.6 Å². The van der Waals surface area contributed by atoms with E-state index in [-0.39, 0.29) is 11.8 Å². The second-order valence-corrected chi connectivity index (χ2v) is 3.23. The normalized spacial score (nSPS) is 19.3. The maximum Gasteiger partial charge on any atom is 0.166 e. The Kier molecular flexibility index (Phi) is 2.02. The maximum atomic E-state index is 9.50. The summed E-state index contributed by atoms with van der Waals surface area (Å²) in [4.78, 5) is 0. The number of fused-ring (bicyclic) bond motifs is 1. The predicted molar refractivity (Wildman–Crippen MR) is 49.9 cm³/mol. The summed E-state index contributed by atoms with van der Waals surface area (Å²) in [5, 5.41) is 18.4. The Morgan fingerprint density at radius 1 is 1.57 bits per heavy atom. The van der Waals surface area contributed by atoms with Gasteiger partial charge in [-0.2, -0.15) is 5.26 Å². The fraction of sp³-hybridized carbons (Fsp3) is 0.300. The van der Waals surface area contributed by atoms with Crippen LogP contribution in [0, 0.1) is 11.3 Å². The van der Waals surface area contributed by atoms with Crippen LogP contribution in [0.15, 0.2) is 12.1 Å². The molecule has 4 nitrogen and oxygen atoms in total. The van der Waals surface area contributed by atoms with Gasteiger partial charge in [-0.05, 0) is 12.1 Å². The van der Waals surface area contributed by atoms with Crippen LogP contribution in [-0.4, -0.2) is 11.7 Å². The molecule has 0 aromatic heterocycles. The third-order valence-corrected chi connectivity index (χ3v) is 2.34. The summed E-state index contributed by atoms with van der Waals surface area (Å²) in [7, 11) is 0. The Morgan fingerprint density at radius 3 is 3.07 bits per heavy atom. The molecule has 2 rings (SSSR count). The molecule has 0 amide bonds. The Morgan fingerprint density at radius 2 is 2.36 bits per heavy atom. The SMILES string of the molecule is N#Cc1ccc(O)c2c1[C@H](N)CCO2. The molecule has 0 fully saturated rings. The van der Waals surface area contributed by atoms with Gasteiger partial charge in [-0.25, -0.2) is 0 Å². The number of hydrogen-bond acceptors (Lipinski definition) is 4. The van der Waals surface area contributed by atoms with Crippen molar-refractivity contribution in [1.82, 2.24) is 0 Å². The molecule has 0 aliphatic carbocycles. The molecule has 1 aromatic carbocycles. The summed E-state index contributed by atoms with van der Waals surface area (Å²) < 4.78 is 5.29. The molecule has 0 bridgehead atoms. The van der Waals surface area contributed by atoms with Gasteiger partial charge in [0.05, 0.1) is 18.2 Å². The number of aromatic hydroxyl groups is 1. The largest absolute Gasteiger partial charge is 0.504 e. The summed E-state index contributed by atoms with van der Waals surface area (Å²) in [6.45, 7) is 0.483. The first kappa shape index (κ1) is 8.85. The molecule has 0 unspecified atom stereocenters. The van der Waals surface area contributed by atoms with Crippen molar-refractivity contribution in [3.05, 3.63) is 23.3 Å². The number of phenols is 1. The molecule has 0 saturated heterocycles. The van der Waals surface area contributed by atoms with Crippen LogP contribution in [0.3, 0.4) is 0 Å². The number of hydrogen-bond donors (Lipinski definition) is 2. The standard InChI is InChI=1S/C10H10N2O2/c11-5-6-1-2-8(13)10-9(6)7(12)3-4-14-10/h1-2,7,13H,3-4,12H2/t7-/m1/s1. The fourth-order valence-electron chi connectivity index (χ4n) is 1.64. The first-order valence-corrected chi connectivity index (χ1v) is 4.38. The van der Waals surface area contributed by atoms with Gasteiger partial charge < -0.3 is 15.6 Å². The highest BCUT2D eigenvalue weighted by molar-refractivity contribution is 5.56. The highest BCUT2D eigenvalue weighted by Gasteiger charge is 2.24. The molecule has 1 atom stereocenters. The molecule has 0 radical (unpaired) electrons. The quantitative estimate of drug-likeness (QED) is 0.640. The number of benzene rings is 1. The van der Waals surface area contributed by atoms with Gasteiger partial charge in [-0.15, -0.1) is 0 Å². The Balaban J connectivity index is 2.65. The van der Waals surface area contributed by atoms with Gasteiger partial charge in [0.15, 0.2) is 11.5 Å². The van der Waals surface area contributed by atoms with Crippen molar-refractivity contribution in [2.75, 3.05) is 6.61 Å². The third-order valence-electron chi connectivity index (χ3n) is 2.34. The van der Waals surface area contributed by atoms with E-state index in [1.54, 1.807) is 6.07 Å². The summed E-state index contributed by atoms with van der Waals surface area (Å²) in [5.41, 5.74) is 6.95. The molecule has 72 valence electrons. The van der Waals surface area contributed by atoms with E-state index in [1.165, 1.54) is 6.07 Å². The van der Waals surface area contributed by atoms with E-state index in [0.717, 1.165) is 0 Å². The zero-order valence-corrected chi connectivity index (χ0v) is 7.53. The minimum absolute atomic E-state index is 0.0501. The van der Waals surface area contributed by atoms with Gasteiger partial charge in [-0.3, -0.25) is 0 Å². The Hall–Kier alpha value is -1.73. The molecule has 3 N–H and O–H groups in total. The van der Waals surface area contributed by atoms with Crippen molar-refractivity contribution in [2.45, 2.75) is 12.5 Å². The van der Waals surface area contributed by atoms with Gasteiger partial charge in [0, 0.05) is 18.0 Å². The van der Waals surface area contributed by atoms with E-state index in [0.29, 0.717) is 29.9 Å². The topological polar surface area (TPSA) is 79.3 Å². The van der Waals surface area contributed by atoms with Crippen LogP contribution < -0.4 is 10.5 Å². The van der Waals surface area contributed by atoms with Crippen molar-refractivity contribution >= 4 is 0 Å². The van der Waals surface area contributed by atoms with Crippen molar-refractivity contribution < 1.29 is 9.84 Å². The summed E-state index contributed by atoms with van der Waals surface area (Å²) in [6.07, 6.45) is 0.672. The van der Waals surface area contributed by atoms with E-state index in [2.05, 4.69) is 0 Å². The molecule has 1 heterocycles. The van der Waals surface area contributed by atoms with Gasteiger partial charge in [0.25, 0.3) is 0 Å². The summed E-state index contributed by atoms with van der Waals surface area (Å²) >= 11 is 0. The molecular weight excluding hydrogens is 180 g/mol. The number of ether oxygens (including phenoxy) is 1. The van der Waals surface area contributed by atoms with Gasteiger partial charge in [-0.1, -0.05) is 0 Å². The van der Waals surface area contributed by atoms with Crippen LogP contribution in [0.4, 0.5) is 0 Å². The highest BCUT2D eigenvalue weighted by atomic mass is 16.5. The molecule has 1 aromatic rings. The zero-order chi connectivity index (χ0) is 10.1. The minimum Gasteiger partial charge on any atom is -0.504 e. The lowest BCUT2D eigenvalue weighted by molar-refractivity contribution is 0.255. The zero-order valence-electron chi connectivity index (χ0n) is 7.53. The van der Waals surface area contributed by atoms with Crippen LogP contribution in [-0.2, 0) is 0 Å². The molecule has 1 aliphatic rings. The van der Waals surface area contributed by atoms with Crippen molar-refractivity contribution in [3.63, 3.8) is 0 Å². The molecular formula is C10H10N2O2. The second-order valence-electron chi connectivity index (χ2n) is 3.23. The molecule has 0 spiro atoms. The summed E-state index contributed by atoms with van der Waals surface area (Å²) in [5.74, 6) is 0.414.